The molecule has 4 rings (SSSR count). The van der Waals surface area contributed by atoms with Crippen molar-refractivity contribution >= 4 is 17.6 Å². The first-order valence-corrected chi connectivity index (χ1v) is 8.50. The highest BCUT2D eigenvalue weighted by Crippen LogP contribution is 2.56. The van der Waals surface area contributed by atoms with Gasteiger partial charge in [-0.2, -0.15) is 0 Å². The van der Waals surface area contributed by atoms with Crippen LogP contribution in [-0.2, 0) is 0 Å². The summed E-state index contributed by atoms with van der Waals surface area (Å²) >= 11 is 6.21. The lowest BCUT2D eigenvalue weighted by Crippen LogP contribution is -2.23. The van der Waals surface area contributed by atoms with E-state index in [1.54, 1.807) is 24.3 Å². The number of carboxylic acid groups (broad SMARTS) is 1. The third-order valence-corrected chi connectivity index (χ3v) is 4.92. The number of nitrogens with zero attached hydrogens (tertiary/aromatic N) is 2. The zero-order valence-corrected chi connectivity index (χ0v) is 14.5. The minimum Gasteiger partial charge on any atom is -0.478 e. The Morgan fingerprint density at radius 3 is 2.74 bits per heavy atom. The van der Waals surface area contributed by atoms with Gasteiger partial charge < -0.3 is 10.1 Å². The van der Waals surface area contributed by atoms with Gasteiger partial charge in [-0.15, -0.1) is 10.2 Å². The third-order valence-electron chi connectivity index (χ3n) is 4.62. The van der Waals surface area contributed by atoms with E-state index in [0.29, 0.717) is 5.69 Å². The lowest BCUT2D eigenvalue weighted by Gasteiger charge is -2.06. The minimum atomic E-state index is -0.975. The second kappa shape index (κ2) is 6.48. The van der Waals surface area contributed by atoms with E-state index >= 15 is 0 Å². The molecule has 0 spiro atoms. The Hall–Kier alpha value is -3.26. The van der Waals surface area contributed by atoms with Crippen LogP contribution in [0, 0.1) is 0 Å². The molecule has 136 valence electrons. The van der Waals surface area contributed by atoms with Gasteiger partial charge in [0.1, 0.15) is 5.69 Å². The van der Waals surface area contributed by atoms with E-state index < -0.39 is 17.2 Å². The molecule has 1 aliphatic rings. The number of halogens is 1. The Kier molecular flexibility index (Phi) is 4.12. The van der Waals surface area contributed by atoms with Crippen molar-refractivity contribution < 1.29 is 9.90 Å². The summed E-state index contributed by atoms with van der Waals surface area (Å²) in [5.74, 6) is -0.803. The van der Waals surface area contributed by atoms with Crippen molar-refractivity contribution in [2.75, 3.05) is 0 Å². The summed E-state index contributed by atoms with van der Waals surface area (Å²) in [6.45, 7) is 0. The number of nitrogens with one attached hydrogen (secondary N) is 2. The van der Waals surface area contributed by atoms with Crippen LogP contribution in [0.25, 0.3) is 11.3 Å². The number of hydrogen-bond acceptors (Lipinski definition) is 5. The van der Waals surface area contributed by atoms with Crippen LogP contribution in [0.1, 0.15) is 39.7 Å². The predicted octanol–water partition coefficient (Wildman–Crippen LogP) is 2.14. The quantitative estimate of drug-likeness (QED) is 0.632. The van der Waals surface area contributed by atoms with Crippen molar-refractivity contribution in [2.45, 2.75) is 18.3 Å². The first-order chi connectivity index (χ1) is 12.9. The number of carboxylic acids is 1. The molecule has 0 radical (unpaired) electrons. The van der Waals surface area contributed by atoms with Crippen molar-refractivity contribution in [1.82, 2.24) is 20.2 Å². The van der Waals surface area contributed by atoms with E-state index in [1.807, 2.05) is 6.07 Å². The summed E-state index contributed by atoms with van der Waals surface area (Å²) in [6.07, 6.45) is 2.07. The van der Waals surface area contributed by atoms with Crippen molar-refractivity contribution in [2.24, 2.45) is 0 Å². The monoisotopic (exact) mass is 384 g/mol. The molecule has 2 heterocycles. The molecule has 0 aliphatic heterocycles. The molecule has 2 aromatic heterocycles. The maximum absolute atomic E-state index is 12.0. The highest BCUT2D eigenvalue weighted by molar-refractivity contribution is 6.30. The first kappa shape index (κ1) is 17.2. The summed E-state index contributed by atoms with van der Waals surface area (Å²) in [7, 11) is 0. The van der Waals surface area contributed by atoms with Crippen molar-refractivity contribution in [3.05, 3.63) is 79.2 Å². The SMILES string of the molecule is O=C(O)c1cccc([C@H]2C[C@@H]2c2cc(-c3c[nH]c(=O)[nH]c3=O)nnc2Cl)c1. The van der Waals surface area contributed by atoms with Crippen LogP contribution >= 0.6 is 11.6 Å². The van der Waals surface area contributed by atoms with E-state index in [-0.39, 0.29) is 28.1 Å². The fraction of sp³-hybridized carbons (Fsp3) is 0.167. The van der Waals surface area contributed by atoms with Crippen molar-refractivity contribution in [1.29, 1.82) is 0 Å². The van der Waals surface area contributed by atoms with Gasteiger partial charge in [0, 0.05) is 6.20 Å². The Morgan fingerprint density at radius 2 is 2.00 bits per heavy atom. The van der Waals surface area contributed by atoms with Crippen LogP contribution < -0.4 is 11.2 Å². The summed E-state index contributed by atoms with van der Waals surface area (Å²) in [4.78, 5) is 38.9. The normalized spacial score (nSPS) is 18.3. The molecule has 0 bridgehead atoms. The van der Waals surface area contributed by atoms with E-state index in [9.17, 15) is 14.4 Å². The number of H-pyrrole nitrogens is 2. The molecule has 0 amide bonds. The molecule has 2 atom stereocenters. The number of rotatable bonds is 4. The molecule has 27 heavy (non-hydrogen) atoms. The molecule has 3 aromatic rings. The number of aromatic amines is 2. The first-order valence-electron chi connectivity index (χ1n) is 8.13. The summed E-state index contributed by atoms with van der Waals surface area (Å²) in [6, 6.07) is 8.48. The molecule has 1 aromatic carbocycles. The van der Waals surface area contributed by atoms with Gasteiger partial charge in [0.2, 0.25) is 0 Å². The maximum Gasteiger partial charge on any atom is 0.335 e. The molecule has 1 fully saturated rings. The minimum absolute atomic E-state index is 0.0534. The van der Waals surface area contributed by atoms with Crippen LogP contribution in [0.15, 0.2) is 46.1 Å². The topological polar surface area (TPSA) is 129 Å². The number of aromatic carboxylic acids is 1. The fourth-order valence-corrected chi connectivity index (χ4v) is 3.42. The molecule has 0 saturated heterocycles. The second-order valence-corrected chi connectivity index (χ2v) is 6.70. The lowest BCUT2D eigenvalue weighted by atomic mass is 10.0. The fourth-order valence-electron chi connectivity index (χ4n) is 3.19. The van der Waals surface area contributed by atoms with Crippen molar-refractivity contribution in [3.8, 4) is 11.3 Å². The smallest absolute Gasteiger partial charge is 0.335 e. The number of carbonyl (C=O) groups is 1. The van der Waals surface area contributed by atoms with Crippen LogP contribution in [0.3, 0.4) is 0 Å². The van der Waals surface area contributed by atoms with E-state index in [0.717, 1.165) is 17.5 Å². The number of hydrogen-bond donors (Lipinski definition) is 3. The van der Waals surface area contributed by atoms with Gasteiger partial charge in [0.05, 0.1) is 11.1 Å². The largest absolute Gasteiger partial charge is 0.478 e. The zero-order chi connectivity index (χ0) is 19.1. The number of benzene rings is 1. The van der Waals surface area contributed by atoms with Crippen LogP contribution in [0.5, 0.6) is 0 Å². The molecular formula is C18H13ClN4O4. The average Bonchev–Trinajstić information content (AvgIpc) is 3.43. The van der Waals surface area contributed by atoms with Gasteiger partial charge in [-0.1, -0.05) is 23.7 Å². The van der Waals surface area contributed by atoms with E-state index in [4.69, 9.17) is 16.7 Å². The Balaban J connectivity index is 1.67. The highest BCUT2D eigenvalue weighted by Gasteiger charge is 2.41. The third kappa shape index (κ3) is 3.26. The average molecular weight is 385 g/mol. The standard InChI is InChI=1S/C18H13ClN4O4/c19-15-12(6-14(22-23-15)13-7-20-18(27)21-16(13)24)11-5-10(11)8-2-1-3-9(4-8)17(25)26/h1-4,6-7,10-11H,5H2,(H,25,26)(H2,20,21,24,27)/t10-,11+/m1/s1. The van der Waals surface area contributed by atoms with E-state index in [1.165, 1.54) is 6.20 Å². The van der Waals surface area contributed by atoms with Gasteiger partial charge in [0.15, 0.2) is 5.15 Å². The Morgan fingerprint density at radius 1 is 1.19 bits per heavy atom. The zero-order valence-electron chi connectivity index (χ0n) is 13.8. The lowest BCUT2D eigenvalue weighted by molar-refractivity contribution is 0.0696. The summed E-state index contributed by atoms with van der Waals surface area (Å²) in [5, 5.41) is 17.3. The number of aromatic nitrogens is 4. The van der Waals surface area contributed by atoms with E-state index in [2.05, 4.69) is 20.2 Å². The molecule has 3 N–H and O–H groups in total. The maximum atomic E-state index is 12.0. The van der Waals surface area contributed by atoms with Crippen LogP contribution in [0.4, 0.5) is 0 Å². The van der Waals surface area contributed by atoms with Crippen molar-refractivity contribution in [3.63, 3.8) is 0 Å². The van der Waals surface area contributed by atoms with Crippen LogP contribution in [0.2, 0.25) is 5.15 Å². The molecule has 9 heteroatoms. The molecule has 1 saturated carbocycles. The molecular weight excluding hydrogens is 372 g/mol. The predicted molar refractivity (Wildman–Crippen MR) is 97.2 cm³/mol. The Bertz CT molecular complexity index is 1170. The second-order valence-electron chi connectivity index (χ2n) is 6.34. The van der Waals surface area contributed by atoms with Gasteiger partial charge in [0.25, 0.3) is 5.56 Å². The summed E-state index contributed by atoms with van der Waals surface area (Å²) in [5.41, 5.74) is 1.20. The van der Waals surface area contributed by atoms with Gasteiger partial charge in [-0.25, -0.2) is 9.59 Å². The summed E-state index contributed by atoms with van der Waals surface area (Å²) < 4.78 is 0. The Labute approximate surface area is 156 Å². The van der Waals surface area contributed by atoms with Gasteiger partial charge in [-0.3, -0.25) is 9.78 Å². The van der Waals surface area contributed by atoms with Crippen LogP contribution in [-0.4, -0.2) is 31.2 Å². The van der Waals surface area contributed by atoms with Gasteiger partial charge in [-0.05, 0) is 47.6 Å². The molecule has 0 unspecified atom stereocenters. The highest BCUT2D eigenvalue weighted by atomic mass is 35.5. The van der Waals surface area contributed by atoms with Gasteiger partial charge >= 0.3 is 11.7 Å². The molecule has 1 aliphatic carbocycles. The molecule has 8 nitrogen and oxygen atoms in total.